The van der Waals surface area contributed by atoms with Gasteiger partial charge in [-0.1, -0.05) is 26.2 Å². The molecule has 1 N–H and O–H groups in total. The Morgan fingerprint density at radius 1 is 1.12 bits per heavy atom. The zero-order chi connectivity index (χ0) is 12.1. The quantitative estimate of drug-likeness (QED) is 0.837. The lowest BCUT2D eigenvalue weighted by molar-refractivity contribution is 0.270. The van der Waals surface area contributed by atoms with Crippen LogP contribution in [0.15, 0.2) is 0 Å². The predicted molar refractivity (Wildman–Crippen MR) is 82.2 cm³/mol. The van der Waals surface area contributed by atoms with E-state index in [1.807, 2.05) is 0 Å². The lowest BCUT2D eigenvalue weighted by atomic mass is 9.82. The van der Waals surface area contributed by atoms with Crippen molar-refractivity contribution in [1.82, 2.24) is 5.32 Å². The summed E-state index contributed by atoms with van der Waals surface area (Å²) in [5.41, 5.74) is 0. The van der Waals surface area contributed by atoms with Crippen LogP contribution >= 0.6 is 23.5 Å². The van der Waals surface area contributed by atoms with E-state index in [1.54, 1.807) is 0 Å². The molecule has 1 saturated heterocycles. The fraction of sp³-hybridized carbons (Fsp3) is 1.00. The second-order valence-corrected chi connectivity index (χ2v) is 8.00. The van der Waals surface area contributed by atoms with Gasteiger partial charge >= 0.3 is 0 Å². The summed E-state index contributed by atoms with van der Waals surface area (Å²) in [5, 5.41) is 5.41. The molecule has 1 aliphatic heterocycles. The van der Waals surface area contributed by atoms with E-state index in [2.05, 4.69) is 42.8 Å². The van der Waals surface area contributed by atoms with Crippen LogP contribution in [0.4, 0.5) is 0 Å². The zero-order valence-corrected chi connectivity index (χ0v) is 12.9. The van der Waals surface area contributed by atoms with Crippen molar-refractivity contribution >= 4 is 23.5 Å². The Bertz CT molecular complexity index is 216. The molecule has 0 aromatic rings. The normalized spacial score (nSPS) is 33.5. The van der Waals surface area contributed by atoms with Gasteiger partial charge in [0.1, 0.15) is 0 Å². The van der Waals surface area contributed by atoms with Crippen molar-refractivity contribution in [1.29, 1.82) is 0 Å². The molecule has 1 heterocycles. The Hall–Kier alpha value is 0.660. The second kappa shape index (κ2) is 7.30. The van der Waals surface area contributed by atoms with E-state index in [1.165, 1.54) is 50.0 Å². The Labute approximate surface area is 115 Å². The summed E-state index contributed by atoms with van der Waals surface area (Å²) in [6, 6.07) is 0.762. The zero-order valence-electron chi connectivity index (χ0n) is 11.3. The standard InChI is InChI=1S/C14H27NS2/c1-3-12-14(17-10-9-16-12)13(15-2)11-7-5-4-6-8-11/h11-15H,3-10H2,1-2H3. The number of nitrogens with one attached hydrogen (secondary N) is 1. The van der Waals surface area contributed by atoms with Gasteiger partial charge in [0.25, 0.3) is 0 Å². The third kappa shape index (κ3) is 3.57. The van der Waals surface area contributed by atoms with E-state index < -0.39 is 0 Å². The van der Waals surface area contributed by atoms with Crippen molar-refractivity contribution in [2.45, 2.75) is 62.0 Å². The highest BCUT2D eigenvalue weighted by Crippen LogP contribution is 2.39. The maximum absolute atomic E-state index is 3.67. The Morgan fingerprint density at radius 2 is 1.82 bits per heavy atom. The van der Waals surface area contributed by atoms with Crippen LogP contribution in [0, 0.1) is 5.92 Å². The molecule has 2 fully saturated rings. The Balaban J connectivity index is 1.99. The van der Waals surface area contributed by atoms with E-state index >= 15 is 0 Å². The monoisotopic (exact) mass is 273 g/mol. The van der Waals surface area contributed by atoms with Crippen molar-refractivity contribution in [3.05, 3.63) is 0 Å². The number of hydrogen-bond acceptors (Lipinski definition) is 3. The SMILES string of the molecule is CCC1SCCSC1C(NC)C1CCCCC1. The number of hydrogen-bond donors (Lipinski definition) is 1. The summed E-state index contributed by atoms with van der Waals surface area (Å²) in [7, 11) is 2.19. The van der Waals surface area contributed by atoms with E-state index in [0.717, 1.165) is 22.5 Å². The van der Waals surface area contributed by atoms with Gasteiger partial charge in [0, 0.05) is 28.0 Å². The highest BCUT2D eigenvalue weighted by Gasteiger charge is 2.35. The molecule has 3 atom stereocenters. The van der Waals surface area contributed by atoms with Gasteiger partial charge in [0.15, 0.2) is 0 Å². The first kappa shape index (κ1) is 14.1. The maximum atomic E-state index is 3.67. The van der Waals surface area contributed by atoms with E-state index in [9.17, 15) is 0 Å². The fourth-order valence-corrected chi connectivity index (χ4v) is 6.82. The number of thioether (sulfide) groups is 2. The second-order valence-electron chi connectivity index (χ2n) is 5.37. The van der Waals surface area contributed by atoms with Crippen LogP contribution in [-0.4, -0.2) is 35.1 Å². The largest absolute Gasteiger partial charge is 0.316 e. The Morgan fingerprint density at radius 3 is 2.47 bits per heavy atom. The van der Waals surface area contributed by atoms with Gasteiger partial charge in [0.2, 0.25) is 0 Å². The molecule has 0 aromatic carbocycles. The summed E-state index contributed by atoms with van der Waals surface area (Å²) < 4.78 is 0. The summed E-state index contributed by atoms with van der Waals surface area (Å²) in [6.45, 7) is 2.37. The van der Waals surface area contributed by atoms with E-state index in [-0.39, 0.29) is 0 Å². The minimum absolute atomic E-state index is 0.762. The molecule has 3 unspecified atom stereocenters. The smallest absolute Gasteiger partial charge is 0.0322 e. The molecule has 1 saturated carbocycles. The first-order valence-corrected chi connectivity index (χ1v) is 9.37. The summed E-state index contributed by atoms with van der Waals surface area (Å²) in [5.74, 6) is 3.66. The van der Waals surface area contributed by atoms with Gasteiger partial charge in [-0.2, -0.15) is 23.5 Å². The van der Waals surface area contributed by atoms with Gasteiger partial charge in [-0.3, -0.25) is 0 Å². The van der Waals surface area contributed by atoms with Crippen LogP contribution in [-0.2, 0) is 0 Å². The maximum Gasteiger partial charge on any atom is 0.0322 e. The molecule has 0 radical (unpaired) electrons. The minimum Gasteiger partial charge on any atom is -0.316 e. The third-order valence-electron chi connectivity index (χ3n) is 4.34. The number of rotatable bonds is 4. The Kier molecular flexibility index (Phi) is 6.04. The van der Waals surface area contributed by atoms with Crippen molar-refractivity contribution < 1.29 is 0 Å². The lowest BCUT2D eigenvalue weighted by Gasteiger charge is -2.41. The van der Waals surface area contributed by atoms with Crippen molar-refractivity contribution in [3.8, 4) is 0 Å². The third-order valence-corrected chi connectivity index (χ3v) is 7.71. The summed E-state index contributed by atoms with van der Waals surface area (Å²) >= 11 is 4.46. The molecule has 17 heavy (non-hydrogen) atoms. The van der Waals surface area contributed by atoms with Crippen LogP contribution < -0.4 is 5.32 Å². The molecule has 100 valence electrons. The lowest BCUT2D eigenvalue weighted by Crippen LogP contribution is -2.48. The van der Waals surface area contributed by atoms with Crippen LogP contribution in [0.5, 0.6) is 0 Å². The molecule has 0 amide bonds. The molecule has 2 rings (SSSR count). The van der Waals surface area contributed by atoms with Gasteiger partial charge in [-0.05, 0) is 32.2 Å². The van der Waals surface area contributed by atoms with Crippen LogP contribution in [0.25, 0.3) is 0 Å². The molecule has 1 aliphatic carbocycles. The topological polar surface area (TPSA) is 12.0 Å². The van der Waals surface area contributed by atoms with Gasteiger partial charge in [-0.25, -0.2) is 0 Å². The molecular weight excluding hydrogens is 246 g/mol. The average Bonchev–Trinajstić information content (AvgIpc) is 2.41. The van der Waals surface area contributed by atoms with Crippen LogP contribution in [0.2, 0.25) is 0 Å². The molecule has 3 heteroatoms. The molecule has 0 bridgehead atoms. The van der Waals surface area contributed by atoms with Gasteiger partial charge < -0.3 is 5.32 Å². The molecule has 1 nitrogen and oxygen atoms in total. The summed E-state index contributed by atoms with van der Waals surface area (Å²) in [4.78, 5) is 0. The average molecular weight is 274 g/mol. The fourth-order valence-electron chi connectivity index (χ4n) is 3.43. The molecular formula is C14H27NS2. The van der Waals surface area contributed by atoms with Gasteiger partial charge in [-0.15, -0.1) is 0 Å². The minimum atomic E-state index is 0.762. The first-order chi connectivity index (χ1) is 8.36. The van der Waals surface area contributed by atoms with E-state index in [4.69, 9.17) is 0 Å². The van der Waals surface area contributed by atoms with E-state index in [0.29, 0.717) is 0 Å². The first-order valence-electron chi connectivity index (χ1n) is 7.27. The van der Waals surface area contributed by atoms with Crippen LogP contribution in [0.1, 0.15) is 45.4 Å². The molecule has 2 aliphatic rings. The summed E-state index contributed by atoms with van der Waals surface area (Å²) in [6.07, 6.45) is 8.66. The molecule has 0 spiro atoms. The van der Waals surface area contributed by atoms with Crippen LogP contribution in [0.3, 0.4) is 0 Å². The highest BCUT2D eigenvalue weighted by molar-refractivity contribution is 8.07. The molecule has 0 aromatic heterocycles. The predicted octanol–water partition coefficient (Wildman–Crippen LogP) is 3.78. The van der Waals surface area contributed by atoms with Crippen molar-refractivity contribution in [3.63, 3.8) is 0 Å². The van der Waals surface area contributed by atoms with Crippen molar-refractivity contribution in [2.24, 2.45) is 5.92 Å². The highest BCUT2D eigenvalue weighted by atomic mass is 32.2. The van der Waals surface area contributed by atoms with Gasteiger partial charge in [0.05, 0.1) is 0 Å². The van der Waals surface area contributed by atoms with Crippen molar-refractivity contribution in [2.75, 3.05) is 18.6 Å².